The minimum absolute atomic E-state index is 0. The molecule has 3 rings (SSSR count). The van der Waals surface area contributed by atoms with Crippen molar-refractivity contribution in [3.63, 3.8) is 0 Å². The van der Waals surface area contributed by atoms with E-state index in [9.17, 15) is 4.79 Å². The molecule has 0 aliphatic carbocycles. The third-order valence-corrected chi connectivity index (χ3v) is 4.80. The second kappa shape index (κ2) is 8.40. The van der Waals surface area contributed by atoms with Crippen LogP contribution in [0.5, 0.6) is 11.5 Å². The summed E-state index contributed by atoms with van der Waals surface area (Å²) in [6, 6.07) is 3.60. The molecular weight excluding hydrogens is 356 g/mol. The number of hydrogen-bond acceptors (Lipinski definition) is 7. The van der Waals surface area contributed by atoms with Crippen LogP contribution in [0, 0.1) is 5.92 Å². The second-order valence-corrected chi connectivity index (χ2v) is 6.21. The zero-order chi connectivity index (χ0) is 18.0. The largest absolute Gasteiger partial charge is 0.493 e. The molecule has 0 bridgehead atoms. The number of nitrogens with two attached hydrogens (primary N) is 1. The molecule has 2 aromatic rings. The number of ketones is 1. The van der Waals surface area contributed by atoms with Crippen LogP contribution >= 0.6 is 12.4 Å². The topological polar surface area (TPSA) is 90.6 Å². The number of nitrogen functional groups attached to an aromatic ring is 1. The molecule has 1 aromatic carbocycles. The van der Waals surface area contributed by atoms with Crippen LogP contribution in [-0.2, 0) is 4.79 Å². The maximum Gasteiger partial charge on any atom is 0.227 e. The summed E-state index contributed by atoms with van der Waals surface area (Å²) in [5, 5.41) is 0.734. The normalized spacial score (nSPS) is 14.8. The number of Topliss-reactive ketones (excluding diaryl/α,β-unsaturated/α-hetero) is 1. The highest BCUT2D eigenvalue weighted by molar-refractivity contribution is 5.91. The van der Waals surface area contributed by atoms with Crippen molar-refractivity contribution < 1.29 is 14.3 Å². The summed E-state index contributed by atoms with van der Waals surface area (Å²) in [4.78, 5) is 23.1. The molecule has 0 amide bonds. The van der Waals surface area contributed by atoms with E-state index < -0.39 is 0 Å². The van der Waals surface area contributed by atoms with Gasteiger partial charge < -0.3 is 20.1 Å². The van der Waals surface area contributed by atoms with Gasteiger partial charge in [0, 0.05) is 36.9 Å². The Morgan fingerprint density at radius 2 is 1.81 bits per heavy atom. The van der Waals surface area contributed by atoms with E-state index in [2.05, 4.69) is 14.9 Å². The number of carbonyl (C=O) groups is 1. The van der Waals surface area contributed by atoms with Gasteiger partial charge in [0.15, 0.2) is 11.5 Å². The number of aromatic nitrogens is 2. The number of rotatable bonds is 5. The molecule has 2 N–H and O–H groups in total. The molecule has 1 saturated heterocycles. The predicted octanol–water partition coefficient (Wildman–Crippen LogP) is 2.85. The molecule has 0 saturated carbocycles. The molecule has 1 aliphatic rings. The van der Waals surface area contributed by atoms with E-state index in [1.54, 1.807) is 20.3 Å². The molecule has 1 aliphatic heterocycles. The summed E-state index contributed by atoms with van der Waals surface area (Å²) in [7, 11) is 3.17. The first-order valence-electron chi connectivity index (χ1n) is 8.54. The van der Waals surface area contributed by atoms with Gasteiger partial charge in [-0.1, -0.05) is 6.92 Å². The van der Waals surface area contributed by atoms with Crippen LogP contribution < -0.4 is 20.1 Å². The first-order chi connectivity index (χ1) is 12.1. The summed E-state index contributed by atoms with van der Waals surface area (Å²) in [5.74, 6) is 2.70. The number of benzene rings is 1. The molecule has 1 aromatic heterocycles. The van der Waals surface area contributed by atoms with Crippen LogP contribution in [0.2, 0.25) is 0 Å². The number of halogens is 1. The minimum Gasteiger partial charge on any atom is -0.493 e. The van der Waals surface area contributed by atoms with Gasteiger partial charge in [-0.25, -0.2) is 4.98 Å². The van der Waals surface area contributed by atoms with Crippen LogP contribution in [-0.4, -0.2) is 43.1 Å². The molecule has 26 heavy (non-hydrogen) atoms. The van der Waals surface area contributed by atoms with Crippen molar-refractivity contribution in [2.45, 2.75) is 26.2 Å². The van der Waals surface area contributed by atoms with Gasteiger partial charge in [0.05, 0.1) is 19.7 Å². The lowest BCUT2D eigenvalue weighted by molar-refractivity contribution is -0.123. The van der Waals surface area contributed by atoms with Gasteiger partial charge in [-0.15, -0.1) is 12.4 Å². The van der Waals surface area contributed by atoms with Crippen molar-refractivity contribution in [3.8, 4) is 11.5 Å². The Kier molecular flexibility index (Phi) is 6.47. The van der Waals surface area contributed by atoms with E-state index in [0.29, 0.717) is 41.0 Å². The Hall–Kier alpha value is -2.28. The van der Waals surface area contributed by atoms with Crippen molar-refractivity contribution in [2.24, 2.45) is 5.92 Å². The fourth-order valence-electron chi connectivity index (χ4n) is 3.30. The van der Waals surface area contributed by atoms with Gasteiger partial charge >= 0.3 is 0 Å². The van der Waals surface area contributed by atoms with Crippen LogP contribution in [0.4, 0.5) is 11.8 Å². The van der Waals surface area contributed by atoms with Crippen molar-refractivity contribution >= 4 is 40.9 Å². The molecule has 142 valence electrons. The van der Waals surface area contributed by atoms with Gasteiger partial charge in [0.25, 0.3) is 0 Å². The van der Waals surface area contributed by atoms with Crippen LogP contribution in [0.1, 0.15) is 26.2 Å². The number of hydrogen-bond donors (Lipinski definition) is 1. The fraction of sp³-hybridized carbons (Fsp3) is 0.500. The number of ether oxygens (including phenoxy) is 2. The summed E-state index contributed by atoms with van der Waals surface area (Å²) >= 11 is 0. The van der Waals surface area contributed by atoms with E-state index in [-0.39, 0.29) is 18.3 Å². The Balaban J connectivity index is 0.00000243. The SMILES string of the molecule is CCC(=O)C1CCN(c2nc(N)c3cc(OC)c(OC)cc3n2)CC1.Cl. The first-order valence-corrected chi connectivity index (χ1v) is 8.54. The van der Waals surface area contributed by atoms with E-state index >= 15 is 0 Å². The van der Waals surface area contributed by atoms with Gasteiger partial charge in [-0.3, -0.25) is 4.79 Å². The molecule has 2 heterocycles. The monoisotopic (exact) mass is 380 g/mol. The minimum atomic E-state index is 0. The molecule has 0 unspecified atom stereocenters. The third-order valence-electron chi connectivity index (χ3n) is 4.80. The first kappa shape index (κ1) is 20.0. The highest BCUT2D eigenvalue weighted by Gasteiger charge is 2.25. The summed E-state index contributed by atoms with van der Waals surface area (Å²) in [6.45, 7) is 3.44. The quantitative estimate of drug-likeness (QED) is 0.852. The maximum absolute atomic E-state index is 11.9. The van der Waals surface area contributed by atoms with E-state index in [0.717, 1.165) is 31.3 Å². The number of anilines is 2. The van der Waals surface area contributed by atoms with Gasteiger partial charge in [0.2, 0.25) is 5.95 Å². The average molecular weight is 381 g/mol. The lowest BCUT2D eigenvalue weighted by Gasteiger charge is -2.31. The van der Waals surface area contributed by atoms with E-state index in [1.807, 2.05) is 13.0 Å². The smallest absolute Gasteiger partial charge is 0.227 e. The van der Waals surface area contributed by atoms with Gasteiger partial charge in [-0.05, 0) is 18.9 Å². The fourth-order valence-corrected chi connectivity index (χ4v) is 3.30. The summed E-state index contributed by atoms with van der Waals surface area (Å²) in [6.07, 6.45) is 2.27. The lowest BCUT2D eigenvalue weighted by Crippen LogP contribution is -2.37. The zero-order valence-corrected chi connectivity index (χ0v) is 16.1. The number of carbonyl (C=O) groups excluding carboxylic acids is 1. The number of methoxy groups -OCH3 is 2. The number of nitrogens with zero attached hydrogens (tertiary/aromatic N) is 3. The second-order valence-electron chi connectivity index (χ2n) is 6.21. The van der Waals surface area contributed by atoms with Crippen molar-refractivity contribution in [1.29, 1.82) is 0 Å². The van der Waals surface area contributed by atoms with Crippen LogP contribution in [0.25, 0.3) is 10.9 Å². The van der Waals surface area contributed by atoms with Crippen molar-refractivity contribution in [1.82, 2.24) is 9.97 Å². The van der Waals surface area contributed by atoms with Gasteiger partial charge in [0.1, 0.15) is 11.6 Å². The zero-order valence-electron chi connectivity index (χ0n) is 15.3. The number of fused-ring (bicyclic) bond motifs is 1. The summed E-state index contributed by atoms with van der Waals surface area (Å²) in [5.41, 5.74) is 6.86. The molecule has 0 radical (unpaired) electrons. The molecular formula is C18H25ClN4O3. The Labute approximate surface area is 159 Å². The average Bonchev–Trinajstić information content (AvgIpc) is 2.66. The highest BCUT2D eigenvalue weighted by Crippen LogP contribution is 2.34. The van der Waals surface area contributed by atoms with Crippen LogP contribution in [0.3, 0.4) is 0 Å². The van der Waals surface area contributed by atoms with Crippen molar-refractivity contribution in [3.05, 3.63) is 12.1 Å². The molecule has 0 atom stereocenters. The van der Waals surface area contributed by atoms with Crippen molar-refractivity contribution in [2.75, 3.05) is 37.9 Å². The molecule has 1 fully saturated rings. The highest BCUT2D eigenvalue weighted by atomic mass is 35.5. The standard InChI is InChI=1S/C18H24N4O3.ClH/c1-4-14(23)11-5-7-22(8-6-11)18-20-13-10-16(25-3)15(24-2)9-12(13)17(19)21-18;/h9-11H,4-8H2,1-3H3,(H2,19,20,21);1H. The lowest BCUT2D eigenvalue weighted by atomic mass is 9.91. The Bertz CT molecular complexity index is 792. The van der Waals surface area contributed by atoms with E-state index in [1.165, 1.54) is 0 Å². The predicted molar refractivity (Wildman–Crippen MR) is 105 cm³/mol. The van der Waals surface area contributed by atoms with Crippen LogP contribution in [0.15, 0.2) is 12.1 Å². The van der Waals surface area contributed by atoms with Gasteiger partial charge in [-0.2, -0.15) is 4.98 Å². The van der Waals surface area contributed by atoms with E-state index in [4.69, 9.17) is 15.2 Å². The number of piperidine rings is 1. The molecule has 7 nitrogen and oxygen atoms in total. The Morgan fingerprint density at radius 3 is 2.38 bits per heavy atom. The molecule has 0 spiro atoms. The third kappa shape index (κ3) is 3.77. The molecule has 8 heteroatoms. The maximum atomic E-state index is 11.9. The Morgan fingerprint density at radius 1 is 1.19 bits per heavy atom. The summed E-state index contributed by atoms with van der Waals surface area (Å²) < 4.78 is 10.7.